The summed E-state index contributed by atoms with van der Waals surface area (Å²) in [5, 5.41) is 5.58. The summed E-state index contributed by atoms with van der Waals surface area (Å²) in [6.07, 6.45) is 3.66. The van der Waals surface area contributed by atoms with E-state index in [9.17, 15) is 0 Å². The van der Waals surface area contributed by atoms with Crippen LogP contribution in [-0.2, 0) is 7.05 Å². The molecule has 3 nitrogen and oxygen atoms in total. The molecule has 3 heteroatoms. The molecule has 0 aromatic carbocycles. The van der Waals surface area contributed by atoms with Crippen LogP contribution in [0.5, 0.6) is 0 Å². The van der Waals surface area contributed by atoms with Gasteiger partial charge in [0.1, 0.15) is 0 Å². The third-order valence-corrected chi connectivity index (χ3v) is 2.23. The van der Waals surface area contributed by atoms with Gasteiger partial charge < -0.3 is 0 Å². The first-order valence-corrected chi connectivity index (χ1v) is 4.46. The van der Waals surface area contributed by atoms with Crippen molar-refractivity contribution in [3.63, 3.8) is 0 Å². The topological polar surface area (TPSA) is 30.7 Å². The van der Waals surface area contributed by atoms with E-state index in [1.807, 2.05) is 24.0 Å². The molecule has 0 atom stereocenters. The molecule has 0 aliphatic heterocycles. The van der Waals surface area contributed by atoms with Crippen LogP contribution in [0.1, 0.15) is 25.5 Å². The SMILES string of the molecule is CC(C)c1c2cnccc2nn1C. The van der Waals surface area contributed by atoms with Gasteiger partial charge in [-0.05, 0) is 12.0 Å². The summed E-state index contributed by atoms with van der Waals surface area (Å²) in [5.41, 5.74) is 2.28. The van der Waals surface area contributed by atoms with Crippen molar-refractivity contribution in [2.24, 2.45) is 7.05 Å². The van der Waals surface area contributed by atoms with E-state index in [1.165, 1.54) is 11.1 Å². The Bertz CT molecular complexity index is 429. The van der Waals surface area contributed by atoms with Gasteiger partial charge >= 0.3 is 0 Å². The molecule has 0 aliphatic rings. The molecule has 0 amide bonds. The van der Waals surface area contributed by atoms with Crippen LogP contribution in [0.3, 0.4) is 0 Å². The van der Waals surface area contributed by atoms with Crippen LogP contribution in [-0.4, -0.2) is 14.8 Å². The van der Waals surface area contributed by atoms with E-state index in [1.54, 1.807) is 6.20 Å². The summed E-state index contributed by atoms with van der Waals surface area (Å²) in [6, 6.07) is 1.95. The van der Waals surface area contributed by atoms with Gasteiger partial charge in [-0.15, -0.1) is 0 Å². The molecule has 2 aromatic heterocycles. The van der Waals surface area contributed by atoms with Crippen molar-refractivity contribution in [2.75, 3.05) is 0 Å². The standard InChI is InChI=1S/C10H13N3/c1-7(2)10-8-6-11-5-4-9(8)12-13(10)3/h4-7H,1-3H3. The van der Waals surface area contributed by atoms with Crippen LogP contribution in [0.2, 0.25) is 0 Å². The van der Waals surface area contributed by atoms with Gasteiger partial charge in [-0.25, -0.2) is 0 Å². The van der Waals surface area contributed by atoms with E-state index in [0.717, 1.165) is 5.52 Å². The third kappa shape index (κ3) is 1.20. The lowest BCUT2D eigenvalue weighted by Gasteiger charge is -2.04. The molecular formula is C10H13N3. The predicted octanol–water partition coefficient (Wildman–Crippen LogP) is 2.09. The molecule has 0 N–H and O–H groups in total. The van der Waals surface area contributed by atoms with Crippen molar-refractivity contribution in [2.45, 2.75) is 19.8 Å². The van der Waals surface area contributed by atoms with Crippen LogP contribution in [0.15, 0.2) is 18.5 Å². The minimum absolute atomic E-state index is 0.485. The second-order valence-electron chi connectivity index (χ2n) is 3.56. The number of aryl methyl sites for hydroxylation is 1. The third-order valence-electron chi connectivity index (χ3n) is 2.23. The first-order valence-electron chi connectivity index (χ1n) is 4.46. The van der Waals surface area contributed by atoms with Crippen molar-refractivity contribution in [1.29, 1.82) is 0 Å². The summed E-state index contributed by atoms with van der Waals surface area (Å²) in [7, 11) is 1.98. The smallest absolute Gasteiger partial charge is 0.0957 e. The van der Waals surface area contributed by atoms with Gasteiger partial charge in [-0.1, -0.05) is 13.8 Å². The van der Waals surface area contributed by atoms with Crippen molar-refractivity contribution in [3.8, 4) is 0 Å². The molecule has 0 unspecified atom stereocenters. The maximum atomic E-state index is 4.41. The fourth-order valence-corrected chi connectivity index (χ4v) is 1.75. The average Bonchev–Trinajstić information content (AvgIpc) is 2.39. The predicted molar refractivity (Wildman–Crippen MR) is 52.6 cm³/mol. The maximum Gasteiger partial charge on any atom is 0.0957 e. The van der Waals surface area contributed by atoms with Crippen LogP contribution in [0, 0.1) is 0 Å². The quantitative estimate of drug-likeness (QED) is 0.664. The molecule has 0 spiro atoms. The van der Waals surface area contributed by atoms with Gasteiger partial charge in [-0.3, -0.25) is 9.67 Å². The number of pyridine rings is 1. The molecular weight excluding hydrogens is 162 g/mol. The van der Waals surface area contributed by atoms with Crippen molar-refractivity contribution in [3.05, 3.63) is 24.2 Å². The first-order chi connectivity index (χ1) is 6.20. The fraction of sp³-hybridized carbons (Fsp3) is 0.400. The molecule has 2 heterocycles. The number of rotatable bonds is 1. The molecule has 0 bridgehead atoms. The van der Waals surface area contributed by atoms with Crippen LogP contribution < -0.4 is 0 Å². The lowest BCUT2D eigenvalue weighted by atomic mass is 10.1. The van der Waals surface area contributed by atoms with E-state index >= 15 is 0 Å². The summed E-state index contributed by atoms with van der Waals surface area (Å²) in [5.74, 6) is 0.485. The lowest BCUT2D eigenvalue weighted by Crippen LogP contribution is -1.99. The van der Waals surface area contributed by atoms with Gasteiger partial charge in [0.2, 0.25) is 0 Å². The molecule has 0 saturated carbocycles. The average molecular weight is 175 g/mol. The zero-order valence-electron chi connectivity index (χ0n) is 8.15. The second kappa shape index (κ2) is 2.83. The molecule has 2 rings (SSSR count). The Labute approximate surface area is 77.4 Å². The van der Waals surface area contributed by atoms with Gasteiger partial charge in [-0.2, -0.15) is 5.10 Å². The van der Waals surface area contributed by atoms with E-state index in [2.05, 4.69) is 23.9 Å². The highest BCUT2D eigenvalue weighted by Crippen LogP contribution is 2.23. The lowest BCUT2D eigenvalue weighted by molar-refractivity contribution is 0.677. The monoisotopic (exact) mass is 175 g/mol. The van der Waals surface area contributed by atoms with E-state index in [-0.39, 0.29) is 0 Å². The summed E-state index contributed by atoms with van der Waals surface area (Å²) < 4.78 is 1.94. The van der Waals surface area contributed by atoms with Crippen molar-refractivity contribution >= 4 is 10.9 Å². The fourth-order valence-electron chi connectivity index (χ4n) is 1.75. The Morgan fingerprint density at radius 1 is 1.38 bits per heavy atom. The van der Waals surface area contributed by atoms with E-state index < -0.39 is 0 Å². The Balaban J connectivity index is 2.78. The minimum atomic E-state index is 0.485. The van der Waals surface area contributed by atoms with Gasteiger partial charge in [0, 0.05) is 24.8 Å². The Morgan fingerprint density at radius 3 is 2.85 bits per heavy atom. The largest absolute Gasteiger partial charge is 0.271 e. The number of aromatic nitrogens is 3. The highest BCUT2D eigenvalue weighted by Gasteiger charge is 2.11. The van der Waals surface area contributed by atoms with Crippen LogP contribution in [0.4, 0.5) is 0 Å². The molecule has 0 radical (unpaired) electrons. The van der Waals surface area contributed by atoms with Gasteiger partial charge in [0.25, 0.3) is 0 Å². The highest BCUT2D eigenvalue weighted by molar-refractivity contribution is 5.80. The van der Waals surface area contributed by atoms with Gasteiger partial charge in [0.15, 0.2) is 0 Å². The Kier molecular flexibility index (Phi) is 1.79. The number of hydrogen-bond acceptors (Lipinski definition) is 2. The number of nitrogens with zero attached hydrogens (tertiary/aromatic N) is 3. The second-order valence-corrected chi connectivity index (χ2v) is 3.56. The van der Waals surface area contributed by atoms with Crippen molar-refractivity contribution in [1.82, 2.24) is 14.8 Å². The Hall–Kier alpha value is -1.38. The first kappa shape index (κ1) is 8.23. The van der Waals surface area contributed by atoms with Crippen LogP contribution in [0.25, 0.3) is 10.9 Å². The zero-order chi connectivity index (χ0) is 9.42. The van der Waals surface area contributed by atoms with Gasteiger partial charge in [0.05, 0.1) is 11.2 Å². The van der Waals surface area contributed by atoms with E-state index in [0.29, 0.717) is 5.92 Å². The molecule has 13 heavy (non-hydrogen) atoms. The number of fused-ring (bicyclic) bond motifs is 1. The zero-order valence-corrected chi connectivity index (χ0v) is 8.15. The molecule has 0 aliphatic carbocycles. The van der Waals surface area contributed by atoms with E-state index in [4.69, 9.17) is 0 Å². The molecule has 68 valence electrons. The minimum Gasteiger partial charge on any atom is -0.271 e. The molecule has 0 fully saturated rings. The van der Waals surface area contributed by atoms with Crippen LogP contribution >= 0.6 is 0 Å². The number of hydrogen-bond donors (Lipinski definition) is 0. The summed E-state index contributed by atoms with van der Waals surface area (Å²) in [4.78, 5) is 4.12. The highest BCUT2D eigenvalue weighted by atomic mass is 15.3. The normalized spacial score (nSPS) is 11.4. The molecule has 2 aromatic rings. The van der Waals surface area contributed by atoms with Crippen molar-refractivity contribution < 1.29 is 0 Å². The Morgan fingerprint density at radius 2 is 2.15 bits per heavy atom. The summed E-state index contributed by atoms with van der Waals surface area (Å²) >= 11 is 0. The molecule has 0 saturated heterocycles. The summed E-state index contributed by atoms with van der Waals surface area (Å²) in [6.45, 7) is 4.34. The maximum absolute atomic E-state index is 4.41.